The van der Waals surface area contributed by atoms with Crippen molar-refractivity contribution in [1.82, 2.24) is 9.44 Å². The lowest BCUT2D eigenvalue weighted by molar-refractivity contribution is -0.139. The van der Waals surface area contributed by atoms with E-state index in [0.29, 0.717) is 6.07 Å². The molecule has 0 radical (unpaired) electrons. The lowest BCUT2D eigenvalue weighted by Crippen LogP contribution is -2.51. The molecule has 0 saturated heterocycles. The lowest BCUT2D eigenvalue weighted by Gasteiger charge is -2.25. The van der Waals surface area contributed by atoms with Crippen molar-refractivity contribution >= 4 is 31.6 Å². The summed E-state index contributed by atoms with van der Waals surface area (Å²) in [5.74, 6) is 0. The molecule has 0 fully saturated rings. The number of sulfonamides is 2. The first-order valence-electron chi connectivity index (χ1n) is 6.39. The molecule has 12 heteroatoms. The predicted octanol–water partition coefficient (Wildman–Crippen LogP) is 1.96. The van der Waals surface area contributed by atoms with Crippen LogP contribution in [-0.4, -0.2) is 35.2 Å². The molecule has 0 amide bonds. The van der Waals surface area contributed by atoms with E-state index in [1.165, 1.54) is 13.8 Å². The zero-order valence-corrected chi connectivity index (χ0v) is 15.3. The summed E-state index contributed by atoms with van der Waals surface area (Å²) in [6, 6.07) is 2.27. The molecule has 6 nitrogen and oxygen atoms in total. The van der Waals surface area contributed by atoms with Crippen LogP contribution >= 0.6 is 11.6 Å². The third-order valence-electron chi connectivity index (χ3n) is 2.70. The Balaban J connectivity index is 3.15. The van der Waals surface area contributed by atoms with Crippen LogP contribution in [0.3, 0.4) is 0 Å². The highest BCUT2D eigenvalue weighted by molar-refractivity contribution is 7.89. The van der Waals surface area contributed by atoms with Gasteiger partial charge < -0.3 is 0 Å². The van der Waals surface area contributed by atoms with Gasteiger partial charge in [-0.25, -0.2) is 26.3 Å². The van der Waals surface area contributed by atoms with E-state index in [0.717, 1.165) is 18.4 Å². The minimum atomic E-state index is -4.92. The van der Waals surface area contributed by atoms with Crippen molar-refractivity contribution in [2.24, 2.45) is 0 Å². The number of alkyl halides is 3. The molecule has 0 aliphatic heterocycles. The van der Waals surface area contributed by atoms with Crippen LogP contribution < -0.4 is 9.44 Å². The maximum Gasteiger partial charge on any atom is 0.417 e. The predicted molar refractivity (Wildman–Crippen MR) is 83.7 cm³/mol. The number of halogens is 4. The largest absolute Gasteiger partial charge is 0.417 e. The average molecular weight is 409 g/mol. The molecule has 0 bridgehead atoms. The summed E-state index contributed by atoms with van der Waals surface area (Å²) in [6.07, 6.45) is -4.04. The van der Waals surface area contributed by atoms with E-state index in [4.69, 9.17) is 11.6 Å². The Bertz CT molecular complexity index is 821. The van der Waals surface area contributed by atoms with Crippen LogP contribution in [0.1, 0.15) is 19.4 Å². The Morgan fingerprint density at radius 2 is 1.67 bits per heavy atom. The summed E-state index contributed by atoms with van der Waals surface area (Å²) in [5.41, 5.74) is -2.65. The third kappa shape index (κ3) is 6.20. The van der Waals surface area contributed by atoms with Crippen LogP contribution in [-0.2, 0) is 26.2 Å². The Morgan fingerprint density at radius 1 is 1.12 bits per heavy atom. The molecule has 1 aromatic carbocycles. The van der Waals surface area contributed by atoms with Crippen molar-refractivity contribution in [1.29, 1.82) is 0 Å². The van der Waals surface area contributed by atoms with Crippen molar-refractivity contribution in [3.8, 4) is 0 Å². The normalized spacial score (nSPS) is 14.0. The van der Waals surface area contributed by atoms with Gasteiger partial charge in [0.2, 0.25) is 20.0 Å². The maximum atomic E-state index is 13.0. The van der Waals surface area contributed by atoms with Crippen LogP contribution in [0.15, 0.2) is 23.1 Å². The second kappa shape index (κ2) is 6.79. The van der Waals surface area contributed by atoms with Gasteiger partial charge in [-0.2, -0.15) is 13.2 Å². The monoisotopic (exact) mass is 408 g/mol. The molecule has 0 saturated carbocycles. The fraction of sp³-hybridized carbons (Fsp3) is 0.500. The molecule has 1 rings (SSSR count). The Kier molecular flexibility index (Phi) is 5.99. The Labute approximate surface area is 143 Å². The fourth-order valence-corrected chi connectivity index (χ4v) is 4.51. The molecule has 138 valence electrons. The van der Waals surface area contributed by atoms with Gasteiger partial charge >= 0.3 is 6.18 Å². The number of rotatable bonds is 6. The van der Waals surface area contributed by atoms with Gasteiger partial charge in [-0.15, -0.1) is 0 Å². The summed E-state index contributed by atoms with van der Waals surface area (Å²) in [7, 11) is -8.18. The van der Waals surface area contributed by atoms with E-state index in [2.05, 4.69) is 4.72 Å². The van der Waals surface area contributed by atoms with E-state index in [-0.39, 0.29) is 5.02 Å². The van der Waals surface area contributed by atoms with Crippen molar-refractivity contribution in [3.63, 3.8) is 0 Å². The van der Waals surface area contributed by atoms with Crippen LogP contribution in [0.5, 0.6) is 0 Å². The molecule has 0 aliphatic carbocycles. The van der Waals surface area contributed by atoms with E-state index >= 15 is 0 Å². The molecule has 0 atom stereocenters. The minimum absolute atomic E-state index is 0.264. The Morgan fingerprint density at radius 3 is 2.12 bits per heavy atom. The summed E-state index contributed by atoms with van der Waals surface area (Å²) >= 11 is 5.50. The van der Waals surface area contributed by atoms with Crippen molar-refractivity contribution in [3.05, 3.63) is 28.8 Å². The Hall–Kier alpha value is -0.880. The smallest absolute Gasteiger partial charge is 0.213 e. The zero-order chi connectivity index (χ0) is 19.0. The minimum Gasteiger partial charge on any atom is -0.213 e. The van der Waals surface area contributed by atoms with Gasteiger partial charge in [0.1, 0.15) is 0 Å². The summed E-state index contributed by atoms with van der Waals surface area (Å²) < 4.78 is 90.0. The standard InChI is InChI=1S/C12H16ClF3N2O4S2/c1-11(2,18-23(3,19)20)7-17-24(21,22)10-5-4-8(13)6-9(10)12(14,15)16/h4-6,17-18H,7H2,1-3H3. The highest BCUT2D eigenvalue weighted by atomic mass is 35.5. The van der Waals surface area contributed by atoms with Gasteiger partial charge in [-0.05, 0) is 32.0 Å². The van der Waals surface area contributed by atoms with E-state index < -0.39 is 48.8 Å². The van der Waals surface area contributed by atoms with Gasteiger partial charge in [0, 0.05) is 17.1 Å². The number of hydrogen-bond acceptors (Lipinski definition) is 4. The second-order valence-corrected chi connectivity index (χ2v) is 9.64. The van der Waals surface area contributed by atoms with Gasteiger partial charge in [0.25, 0.3) is 0 Å². The third-order valence-corrected chi connectivity index (χ3v) is 5.32. The number of hydrogen-bond donors (Lipinski definition) is 2. The average Bonchev–Trinajstić information content (AvgIpc) is 2.32. The van der Waals surface area contributed by atoms with Crippen molar-refractivity contribution in [2.45, 2.75) is 30.5 Å². The number of benzene rings is 1. The highest BCUT2D eigenvalue weighted by Crippen LogP contribution is 2.35. The summed E-state index contributed by atoms with van der Waals surface area (Å²) in [6.45, 7) is 2.30. The maximum absolute atomic E-state index is 13.0. The first-order chi connectivity index (χ1) is 10.5. The molecule has 0 aliphatic rings. The van der Waals surface area contributed by atoms with Crippen LogP contribution in [0.2, 0.25) is 5.02 Å². The molecule has 0 heterocycles. The topological polar surface area (TPSA) is 92.3 Å². The quantitative estimate of drug-likeness (QED) is 0.752. The molecule has 0 unspecified atom stereocenters. The molecule has 0 aromatic heterocycles. The first-order valence-corrected chi connectivity index (χ1v) is 10.1. The zero-order valence-electron chi connectivity index (χ0n) is 12.9. The fourth-order valence-electron chi connectivity index (χ4n) is 1.85. The molecule has 0 spiro atoms. The van der Waals surface area contributed by atoms with E-state index in [1.807, 2.05) is 4.72 Å². The van der Waals surface area contributed by atoms with Crippen molar-refractivity contribution in [2.75, 3.05) is 12.8 Å². The lowest BCUT2D eigenvalue weighted by atomic mass is 10.1. The van der Waals surface area contributed by atoms with Gasteiger partial charge in [0.05, 0.1) is 16.7 Å². The second-order valence-electron chi connectivity index (χ2n) is 5.72. The van der Waals surface area contributed by atoms with Gasteiger partial charge in [-0.3, -0.25) is 0 Å². The van der Waals surface area contributed by atoms with E-state index in [9.17, 15) is 30.0 Å². The van der Waals surface area contributed by atoms with Gasteiger partial charge in [-0.1, -0.05) is 11.6 Å². The molecule has 24 heavy (non-hydrogen) atoms. The van der Waals surface area contributed by atoms with Gasteiger partial charge in [0.15, 0.2) is 0 Å². The van der Waals surface area contributed by atoms with Crippen LogP contribution in [0.25, 0.3) is 0 Å². The van der Waals surface area contributed by atoms with Crippen LogP contribution in [0, 0.1) is 0 Å². The van der Waals surface area contributed by atoms with Crippen molar-refractivity contribution < 1.29 is 30.0 Å². The van der Waals surface area contributed by atoms with Crippen LogP contribution in [0.4, 0.5) is 13.2 Å². The summed E-state index contributed by atoms with van der Waals surface area (Å²) in [5, 5.41) is -0.264. The molecule has 2 N–H and O–H groups in total. The first kappa shape index (κ1) is 21.2. The molecule has 1 aromatic rings. The highest BCUT2D eigenvalue weighted by Gasteiger charge is 2.38. The summed E-state index contributed by atoms with van der Waals surface area (Å²) in [4.78, 5) is -0.991. The SMILES string of the molecule is CC(C)(CNS(=O)(=O)c1ccc(Cl)cc1C(F)(F)F)NS(C)(=O)=O. The number of nitrogens with one attached hydrogen (secondary N) is 2. The van der Waals surface area contributed by atoms with E-state index in [1.54, 1.807) is 0 Å². The molecular weight excluding hydrogens is 393 g/mol. The molecular formula is C12H16ClF3N2O4S2.